The molecule has 0 aromatic carbocycles. The van der Waals surface area contributed by atoms with E-state index in [4.69, 9.17) is 5.73 Å². The summed E-state index contributed by atoms with van der Waals surface area (Å²) in [5.74, 6) is 0.133. The Bertz CT molecular complexity index is 504. The lowest BCUT2D eigenvalue weighted by atomic mass is 9.70. The summed E-state index contributed by atoms with van der Waals surface area (Å²) in [5.41, 5.74) is 7.24. The molecule has 0 unspecified atom stereocenters. The third-order valence-electron chi connectivity index (χ3n) is 4.09. The predicted octanol–water partition coefficient (Wildman–Crippen LogP) is 4.49. The smallest absolute Gasteiger partial charge is 0.177 e. The highest BCUT2D eigenvalue weighted by Crippen LogP contribution is 2.45. The van der Waals surface area contributed by atoms with E-state index in [-0.39, 0.29) is 11.7 Å². The van der Waals surface area contributed by atoms with Crippen molar-refractivity contribution in [2.75, 3.05) is 23.9 Å². The topological polar surface area (TPSA) is 55.1 Å². The molecule has 0 radical (unpaired) electrons. The van der Waals surface area contributed by atoms with Gasteiger partial charge in [0, 0.05) is 12.5 Å². The SMILES string of the molecule is CSc1c(NCC2(C)CCC2)sc(C(=O)C(C)C)c1N. The summed E-state index contributed by atoms with van der Waals surface area (Å²) in [6, 6.07) is 0. The zero-order valence-corrected chi connectivity index (χ0v) is 14.3. The molecule has 5 heteroatoms. The van der Waals surface area contributed by atoms with Crippen molar-refractivity contribution in [1.29, 1.82) is 0 Å². The van der Waals surface area contributed by atoms with Crippen LogP contribution in [0, 0.1) is 11.3 Å². The number of Topliss-reactive ketones (excluding diaryl/α,β-unsaturated/α-hetero) is 1. The van der Waals surface area contributed by atoms with Crippen LogP contribution < -0.4 is 11.1 Å². The van der Waals surface area contributed by atoms with Gasteiger partial charge in [-0.25, -0.2) is 0 Å². The largest absolute Gasteiger partial charge is 0.396 e. The van der Waals surface area contributed by atoms with Gasteiger partial charge in [-0.1, -0.05) is 27.2 Å². The molecule has 0 saturated heterocycles. The first-order valence-corrected chi connectivity index (χ1v) is 9.16. The minimum atomic E-state index is -0.0114. The van der Waals surface area contributed by atoms with E-state index in [9.17, 15) is 4.79 Å². The number of carbonyl (C=O) groups excluding carboxylic acids is 1. The van der Waals surface area contributed by atoms with Crippen LogP contribution in [0.1, 0.15) is 49.7 Å². The summed E-state index contributed by atoms with van der Waals surface area (Å²) < 4.78 is 0. The molecule has 0 spiro atoms. The van der Waals surface area contributed by atoms with Crippen molar-refractivity contribution >= 4 is 39.6 Å². The molecular weight excluding hydrogens is 288 g/mol. The summed E-state index contributed by atoms with van der Waals surface area (Å²) >= 11 is 3.13. The molecule has 0 bridgehead atoms. The second-order valence-electron chi connectivity index (χ2n) is 6.24. The summed E-state index contributed by atoms with van der Waals surface area (Å²) in [4.78, 5) is 14.0. The number of hydrogen-bond donors (Lipinski definition) is 2. The molecule has 1 saturated carbocycles. The Morgan fingerprint density at radius 1 is 1.50 bits per heavy atom. The van der Waals surface area contributed by atoms with E-state index in [0.29, 0.717) is 16.0 Å². The number of thioether (sulfide) groups is 1. The highest BCUT2D eigenvalue weighted by molar-refractivity contribution is 7.99. The zero-order chi connectivity index (χ0) is 14.9. The molecule has 1 aliphatic carbocycles. The van der Waals surface area contributed by atoms with Crippen molar-refractivity contribution in [3.8, 4) is 0 Å². The molecule has 0 atom stereocenters. The fourth-order valence-corrected chi connectivity index (χ4v) is 4.56. The van der Waals surface area contributed by atoms with E-state index in [2.05, 4.69) is 12.2 Å². The van der Waals surface area contributed by atoms with Crippen LogP contribution in [0.4, 0.5) is 10.7 Å². The molecule has 20 heavy (non-hydrogen) atoms. The van der Waals surface area contributed by atoms with Crippen molar-refractivity contribution in [3.05, 3.63) is 4.88 Å². The minimum Gasteiger partial charge on any atom is -0.396 e. The highest BCUT2D eigenvalue weighted by atomic mass is 32.2. The van der Waals surface area contributed by atoms with Gasteiger partial charge in [-0.15, -0.1) is 23.1 Å². The Balaban J connectivity index is 2.19. The van der Waals surface area contributed by atoms with E-state index in [0.717, 1.165) is 16.4 Å². The number of nitrogens with one attached hydrogen (secondary N) is 1. The van der Waals surface area contributed by atoms with Crippen LogP contribution in [0.25, 0.3) is 0 Å². The monoisotopic (exact) mass is 312 g/mol. The van der Waals surface area contributed by atoms with E-state index < -0.39 is 0 Å². The second-order valence-corrected chi connectivity index (χ2v) is 8.08. The molecule has 1 heterocycles. The number of nitrogen functional groups attached to an aromatic ring is 1. The van der Waals surface area contributed by atoms with Crippen LogP contribution in [0.3, 0.4) is 0 Å². The van der Waals surface area contributed by atoms with Gasteiger partial charge in [0.05, 0.1) is 15.5 Å². The first-order chi connectivity index (χ1) is 9.38. The Kier molecular flexibility index (Phi) is 4.69. The molecule has 2 rings (SSSR count). The number of hydrogen-bond acceptors (Lipinski definition) is 5. The normalized spacial score (nSPS) is 17.1. The number of rotatable bonds is 6. The quantitative estimate of drug-likeness (QED) is 0.600. The Morgan fingerprint density at radius 2 is 2.15 bits per heavy atom. The fraction of sp³-hybridized carbons (Fsp3) is 0.667. The molecule has 0 amide bonds. The van der Waals surface area contributed by atoms with Gasteiger partial charge in [-0.2, -0.15) is 0 Å². The maximum Gasteiger partial charge on any atom is 0.177 e. The van der Waals surface area contributed by atoms with Crippen molar-refractivity contribution in [2.24, 2.45) is 11.3 Å². The Hall–Kier alpha value is -0.680. The standard InChI is InChI=1S/C15H24N2OS2/c1-9(2)11(18)12-10(16)13(19-4)14(20-12)17-8-15(3)6-5-7-15/h9,17H,5-8,16H2,1-4H3. The van der Waals surface area contributed by atoms with Crippen LogP contribution in [0.15, 0.2) is 4.90 Å². The molecule has 1 fully saturated rings. The molecule has 3 nitrogen and oxygen atoms in total. The first-order valence-electron chi connectivity index (χ1n) is 7.12. The maximum atomic E-state index is 12.2. The molecular formula is C15H24N2OS2. The van der Waals surface area contributed by atoms with Crippen molar-refractivity contribution in [1.82, 2.24) is 0 Å². The first kappa shape index (κ1) is 15.7. The van der Waals surface area contributed by atoms with Gasteiger partial charge in [-0.3, -0.25) is 4.79 Å². The second kappa shape index (κ2) is 5.98. The van der Waals surface area contributed by atoms with Crippen molar-refractivity contribution in [3.63, 3.8) is 0 Å². The summed E-state index contributed by atoms with van der Waals surface area (Å²) in [5, 5.41) is 4.59. The van der Waals surface area contributed by atoms with Gasteiger partial charge in [0.25, 0.3) is 0 Å². The molecule has 1 aromatic rings. The number of anilines is 2. The van der Waals surface area contributed by atoms with Crippen molar-refractivity contribution in [2.45, 2.75) is 44.9 Å². The lowest BCUT2D eigenvalue weighted by molar-refractivity contribution is 0.0944. The van der Waals surface area contributed by atoms with Gasteiger partial charge in [0.1, 0.15) is 5.00 Å². The molecule has 1 aromatic heterocycles. The minimum absolute atomic E-state index is 0.0114. The van der Waals surface area contributed by atoms with Crippen LogP contribution in [0.2, 0.25) is 0 Å². The van der Waals surface area contributed by atoms with Crippen LogP contribution >= 0.6 is 23.1 Å². The number of carbonyl (C=O) groups is 1. The summed E-state index contributed by atoms with van der Waals surface area (Å²) in [6.45, 7) is 7.13. The molecule has 3 N–H and O–H groups in total. The zero-order valence-electron chi connectivity index (χ0n) is 12.7. The van der Waals surface area contributed by atoms with Crippen molar-refractivity contribution < 1.29 is 4.79 Å². The van der Waals surface area contributed by atoms with Crippen LogP contribution in [-0.2, 0) is 0 Å². The fourth-order valence-electron chi connectivity index (χ4n) is 2.44. The number of ketones is 1. The third-order valence-corrected chi connectivity index (χ3v) is 6.23. The molecule has 0 aliphatic heterocycles. The number of thiophene rings is 1. The average Bonchev–Trinajstić information content (AvgIpc) is 2.69. The number of nitrogens with two attached hydrogens (primary N) is 1. The van der Waals surface area contributed by atoms with Gasteiger partial charge >= 0.3 is 0 Å². The van der Waals surface area contributed by atoms with Gasteiger partial charge in [0.15, 0.2) is 5.78 Å². The van der Waals surface area contributed by atoms with Crippen LogP contribution in [-0.4, -0.2) is 18.6 Å². The van der Waals surface area contributed by atoms with Gasteiger partial charge < -0.3 is 11.1 Å². The summed E-state index contributed by atoms with van der Waals surface area (Å²) in [6.07, 6.45) is 5.91. The summed E-state index contributed by atoms with van der Waals surface area (Å²) in [7, 11) is 0. The Labute approximate surface area is 129 Å². The molecule has 112 valence electrons. The highest BCUT2D eigenvalue weighted by Gasteiger charge is 2.32. The van der Waals surface area contributed by atoms with Crippen LogP contribution in [0.5, 0.6) is 0 Å². The van der Waals surface area contributed by atoms with E-state index in [1.165, 1.54) is 30.6 Å². The van der Waals surface area contributed by atoms with E-state index in [1.54, 1.807) is 11.8 Å². The van der Waals surface area contributed by atoms with E-state index >= 15 is 0 Å². The average molecular weight is 313 g/mol. The predicted molar refractivity (Wildman–Crippen MR) is 90.1 cm³/mol. The Morgan fingerprint density at radius 3 is 2.60 bits per heavy atom. The lowest BCUT2D eigenvalue weighted by Gasteiger charge is -2.38. The van der Waals surface area contributed by atoms with E-state index in [1.807, 2.05) is 20.1 Å². The lowest BCUT2D eigenvalue weighted by Crippen LogP contribution is -2.33. The van der Waals surface area contributed by atoms with Gasteiger partial charge in [0.2, 0.25) is 0 Å². The molecule has 1 aliphatic rings. The van der Waals surface area contributed by atoms with Gasteiger partial charge in [-0.05, 0) is 24.5 Å². The third kappa shape index (κ3) is 2.98. The maximum absolute atomic E-state index is 12.2.